The summed E-state index contributed by atoms with van der Waals surface area (Å²) in [7, 11) is 0. The summed E-state index contributed by atoms with van der Waals surface area (Å²) in [5.74, 6) is -1.44. The minimum absolute atomic E-state index is 0.0771. The number of hydrogen-bond acceptors (Lipinski definition) is 6. The Morgan fingerprint density at radius 2 is 2.25 bits per heavy atom. The zero-order chi connectivity index (χ0) is 14.7. The molecule has 2 heterocycles. The van der Waals surface area contributed by atoms with Gasteiger partial charge in [-0.3, -0.25) is 4.79 Å². The van der Waals surface area contributed by atoms with Gasteiger partial charge in [-0.2, -0.15) is 0 Å². The maximum Gasteiger partial charge on any atom is 0.328 e. The molecule has 0 saturated heterocycles. The molecule has 0 fully saturated rings. The summed E-state index contributed by atoms with van der Waals surface area (Å²) in [5.41, 5.74) is 0.0771. The van der Waals surface area contributed by atoms with Crippen LogP contribution in [0.4, 0.5) is 0 Å². The summed E-state index contributed by atoms with van der Waals surface area (Å²) in [4.78, 5) is 26.8. The molecule has 2 atom stereocenters. The van der Waals surface area contributed by atoms with Crippen molar-refractivity contribution in [3.63, 3.8) is 0 Å². The van der Waals surface area contributed by atoms with Crippen LogP contribution in [-0.4, -0.2) is 39.2 Å². The summed E-state index contributed by atoms with van der Waals surface area (Å²) in [6.07, 6.45) is 0.282. The van der Waals surface area contributed by atoms with Crippen molar-refractivity contribution in [1.82, 2.24) is 10.3 Å². The average Bonchev–Trinajstić information content (AvgIpc) is 3.04. The largest absolute Gasteiger partial charge is 0.480 e. The zero-order valence-corrected chi connectivity index (χ0v) is 11.3. The van der Waals surface area contributed by atoms with Crippen LogP contribution in [0.3, 0.4) is 0 Å². The smallest absolute Gasteiger partial charge is 0.328 e. The van der Waals surface area contributed by atoms with Crippen molar-refractivity contribution in [1.29, 1.82) is 0 Å². The molecule has 1 amide bonds. The Morgan fingerprint density at radius 1 is 1.50 bits per heavy atom. The first-order chi connectivity index (χ1) is 9.49. The number of aliphatic hydroxyl groups excluding tert-OH is 1. The molecule has 0 aliphatic heterocycles. The van der Waals surface area contributed by atoms with Gasteiger partial charge in [-0.15, -0.1) is 11.3 Å². The molecule has 2 aromatic rings. The number of thiazole rings is 1. The van der Waals surface area contributed by atoms with Crippen molar-refractivity contribution in [2.75, 3.05) is 0 Å². The Balaban J connectivity index is 2.12. The van der Waals surface area contributed by atoms with Crippen molar-refractivity contribution < 1.29 is 24.2 Å². The van der Waals surface area contributed by atoms with E-state index in [2.05, 4.69) is 10.3 Å². The fraction of sp³-hybridized carbons (Fsp3) is 0.250. The number of aliphatic hydroxyl groups is 1. The molecule has 8 heteroatoms. The second-order valence-corrected chi connectivity index (χ2v) is 4.90. The highest BCUT2D eigenvalue weighted by Gasteiger charge is 2.26. The van der Waals surface area contributed by atoms with Gasteiger partial charge in [0.05, 0.1) is 12.4 Å². The molecular formula is C12H12N2O5S. The van der Waals surface area contributed by atoms with Gasteiger partial charge in [0.15, 0.2) is 16.8 Å². The Labute approximate surface area is 117 Å². The van der Waals surface area contributed by atoms with Crippen LogP contribution in [0.2, 0.25) is 0 Å². The highest BCUT2D eigenvalue weighted by molar-refractivity contribution is 7.13. The third-order valence-electron chi connectivity index (χ3n) is 2.50. The minimum atomic E-state index is -1.38. The van der Waals surface area contributed by atoms with E-state index >= 15 is 0 Å². The van der Waals surface area contributed by atoms with E-state index in [1.807, 2.05) is 0 Å². The number of carbonyl (C=O) groups is 2. The van der Waals surface area contributed by atoms with E-state index in [0.717, 1.165) is 0 Å². The van der Waals surface area contributed by atoms with Crippen LogP contribution in [0.1, 0.15) is 17.4 Å². The number of aromatic nitrogens is 1. The summed E-state index contributed by atoms with van der Waals surface area (Å²) in [5, 5.41) is 22.4. The highest BCUT2D eigenvalue weighted by Crippen LogP contribution is 2.23. The third kappa shape index (κ3) is 3.03. The first kappa shape index (κ1) is 14.2. The molecule has 7 nitrogen and oxygen atoms in total. The maximum atomic E-state index is 11.9. The van der Waals surface area contributed by atoms with Gasteiger partial charge in [-0.25, -0.2) is 9.78 Å². The average molecular weight is 296 g/mol. The van der Waals surface area contributed by atoms with Crippen LogP contribution in [0, 0.1) is 0 Å². The summed E-state index contributed by atoms with van der Waals surface area (Å²) < 4.78 is 5.15. The maximum absolute atomic E-state index is 11.9. The molecule has 0 aliphatic carbocycles. The van der Waals surface area contributed by atoms with Crippen LogP contribution < -0.4 is 5.32 Å². The normalized spacial score (nSPS) is 13.7. The van der Waals surface area contributed by atoms with Gasteiger partial charge < -0.3 is 19.9 Å². The zero-order valence-electron chi connectivity index (χ0n) is 10.4. The monoisotopic (exact) mass is 296 g/mol. The number of nitrogens with zero attached hydrogens (tertiary/aromatic N) is 1. The fourth-order valence-corrected chi connectivity index (χ4v) is 2.26. The van der Waals surface area contributed by atoms with E-state index in [1.165, 1.54) is 29.9 Å². The number of hydrogen-bond donors (Lipinski definition) is 3. The summed E-state index contributed by atoms with van der Waals surface area (Å²) in [6, 6.07) is 2.03. The molecule has 0 saturated carbocycles. The van der Waals surface area contributed by atoms with Crippen LogP contribution in [0.5, 0.6) is 0 Å². The topological polar surface area (TPSA) is 113 Å². The van der Waals surface area contributed by atoms with Crippen molar-refractivity contribution in [2.24, 2.45) is 0 Å². The van der Waals surface area contributed by atoms with Crippen molar-refractivity contribution in [2.45, 2.75) is 19.1 Å². The fourth-order valence-electron chi connectivity index (χ4n) is 1.50. The van der Waals surface area contributed by atoms with E-state index in [4.69, 9.17) is 9.52 Å². The molecule has 0 unspecified atom stereocenters. The number of furan rings is 1. The second kappa shape index (κ2) is 5.85. The Kier molecular flexibility index (Phi) is 4.16. The van der Waals surface area contributed by atoms with Crippen molar-refractivity contribution in [3.05, 3.63) is 29.5 Å². The van der Waals surface area contributed by atoms with Crippen molar-refractivity contribution >= 4 is 23.2 Å². The highest BCUT2D eigenvalue weighted by atomic mass is 32.1. The van der Waals surface area contributed by atoms with Crippen molar-refractivity contribution in [3.8, 4) is 10.8 Å². The molecule has 0 radical (unpaired) electrons. The first-order valence-electron chi connectivity index (χ1n) is 5.70. The van der Waals surface area contributed by atoms with E-state index in [1.54, 1.807) is 12.1 Å². The van der Waals surface area contributed by atoms with Gasteiger partial charge in [-0.05, 0) is 19.1 Å². The van der Waals surface area contributed by atoms with E-state index < -0.39 is 24.0 Å². The molecular weight excluding hydrogens is 284 g/mol. The van der Waals surface area contributed by atoms with E-state index in [0.29, 0.717) is 10.8 Å². The lowest BCUT2D eigenvalue weighted by molar-refractivity contribution is -0.141. The Bertz CT molecular complexity index is 605. The third-order valence-corrected chi connectivity index (χ3v) is 3.36. The number of amides is 1. The lowest BCUT2D eigenvalue weighted by Gasteiger charge is -2.16. The van der Waals surface area contributed by atoms with Crippen LogP contribution in [-0.2, 0) is 4.79 Å². The lowest BCUT2D eigenvalue weighted by Crippen LogP contribution is -2.47. The number of carboxylic acid groups (broad SMARTS) is 1. The molecule has 0 aliphatic rings. The number of carbonyl (C=O) groups excluding carboxylic acids is 1. The molecule has 0 bridgehead atoms. The molecule has 2 aromatic heterocycles. The lowest BCUT2D eigenvalue weighted by atomic mass is 10.2. The van der Waals surface area contributed by atoms with Crippen LogP contribution in [0.15, 0.2) is 28.2 Å². The Morgan fingerprint density at radius 3 is 2.80 bits per heavy atom. The SMILES string of the molecule is C[C@@H](O)[C@H](NC(=O)c1csc(-c2ccco2)n1)C(=O)O. The van der Waals surface area contributed by atoms with Gasteiger partial charge in [-0.1, -0.05) is 0 Å². The number of carboxylic acids is 1. The molecule has 3 N–H and O–H groups in total. The predicted octanol–water partition coefficient (Wildman–Crippen LogP) is 0.967. The summed E-state index contributed by atoms with van der Waals surface area (Å²) in [6.45, 7) is 1.29. The summed E-state index contributed by atoms with van der Waals surface area (Å²) >= 11 is 1.20. The molecule has 20 heavy (non-hydrogen) atoms. The van der Waals surface area contributed by atoms with Gasteiger partial charge in [0.1, 0.15) is 5.69 Å². The van der Waals surface area contributed by atoms with Crippen LogP contribution in [0.25, 0.3) is 10.8 Å². The van der Waals surface area contributed by atoms with Crippen LogP contribution >= 0.6 is 11.3 Å². The van der Waals surface area contributed by atoms with E-state index in [-0.39, 0.29) is 5.69 Å². The first-order valence-corrected chi connectivity index (χ1v) is 6.58. The predicted molar refractivity (Wildman–Crippen MR) is 70.4 cm³/mol. The quantitative estimate of drug-likeness (QED) is 0.757. The number of nitrogens with one attached hydrogen (secondary N) is 1. The molecule has 0 spiro atoms. The van der Waals surface area contributed by atoms with Gasteiger partial charge in [0, 0.05) is 5.38 Å². The van der Waals surface area contributed by atoms with E-state index in [9.17, 15) is 14.7 Å². The molecule has 106 valence electrons. The van der Waals surface area contributed by atoms with Gasteiger partial charge in [0.2, 0.25) is 0 Å². The Hall–Kier alpha value is -2.19. The van der Waals surface area contributed by atoms with Gasteiger partial charge >= 0.3 is 5.97 Å². The second-order valence-electron chi connectivity index (χ2n) is 4.05. The molecule has 0 aromatic carbocycles. The molecule has 2 rings (SSSR count). The standard InChI is InChI=1S/C12H12N2O5S/c1-6(15)9(12(17)18)14-10(16)7-5-20-11(13-7)8-3-2-4-19-8/h2-6,9,15H,1H3,(H,14,16)(H,17,18)/t6-,9+/m1/s1. The number of aliphatic carboxylic acids is 1. The number of rotatable bonds is 5. The minimum Gasteiger partial charge on any atom is -0.480 e. The van der Waals surface area contributed by atoms with Gasteiger partial charge in [0.25, 0.3) is 5.91 Å².